The molecule has 7 nitrogen and oxygen atoms in total. The number of amides is 2. The highest BCUT2D eigenvalue weighted by Crippen LogP contribution is 2.17. The van der Waals surface area contributed by atoms with Crippen molar-refractivity contribution in [3.05, 3.63) is 35.9 Å². The molecule has 0 saturated heterocycles. The first-order valence-electron chi connectivity index (χ1n) is 7.84. The summed E-state index contributed by atoms with van der Waals surface area (Å²) in [6.45, 7) is 5.24. The van der Waals surface area contributed by atoms with Gasteiger partial charge in [-0.3, -0.25) is 0 Å². The maximum atomic E-state index is 12.0. The Kier molecular flexibility index (Phi) is 4.45. The highest BCUT2D eigenvalue weighted by Gasteiger charge is 2.17. The van der Waals surface area contributed by atoms with E-state index in [4.69, 9.17) is 4.74 Å². The fourth-order valence-corrected chi connectivity index (χ4v) is 2.57. The number of urea groups is 1. The van der Waals surface area contributed by atoms with E-state index in [2.05, 4.69) is 25.4 Å². The number of nitrogens with one attached hydrogen (secondary N) is 2. The molecule has 3 rings (SSSR count). The van der Waals surface area contributed by atoms with E-state index in [0.29, 0.717) is 12.2 Å². The molecule has 2 aromatic rings. The summed E-state index contributed by atoms with van der Waals surface area (Å²) < 4.78 is 7.63. The zero-order chi connectivity index (χ0) is 16.2. The number of carbonyl (C=O) groups excluding carboxylic acids is 1. The molecule has 23 heavy (non-hydrogen) atoms. The fourth-order valence-electron chi connectivity index (χ4n) is 2.57. The Hall–Kier alpha value is -2.57. The minimum absolute atomic E-state index is 0.127. The Balaban J connectivity index is 1.51. The number of hydrogen-bond donors (Lipinski definition) is 2. The first-order chi connectivity index (χ1) is 11.1. The molecule has 2 amide bonds. The van der Waals surface area contributed by atoms with Crippen molar-refractivity contribution in [2.45, 2.75) is 45.9 Å². The molecule has 0 fully saturated rings. The van der Waals surface area contributed by atoms with E-state index in [1.807, 2.05) is 38.1 Å². The lowest BCUT2D eigenvalue weighted by Crippen LogP contribution is -2.29. The van der Waals surface area contributed by atoms with Crippen LogP contribution in [0.2, 0.25) is 0 Å². The van der Waals surface area contributed by atoms with Crippen LogP contribution in [-0.2, 0) is 19.5 Å². The molecule has 0 saturated carbocycles. The van der Waals surface area contributed by atoms with Crippen LogP contribution in [0.4, 0.5) is 10.5 Å². The molecular formula is C16H21N5O2. The molecule has 0 unspecified atom stereocenters. The molecule has 0 atom stereocenters. The smallest absolute Gasteiger partial charge is 0.319 e. The van der Waals surface area contributed by atoms with E-state index >= 15 is 0 Å². The number of aromatic nitrogens is 3. The largest absolute Gasteiger partial charge is 0.491 e. The molecule has 0 spiro atoms. The Labute approximate surface area is 135 Å². The van der Waals surface area contributed by atoms with Crippen LogP contribution in [0.1, 0.15) is 31.9 Å². The Morgan fingerprint density at radius 2 is 2.09 bits per heavy atom. The van der Waals surface area contributed by atoms with Crippen LogP contribution in [0, 0.1) is 0 Å². The summed E-state index contributed by atoms with van der Waals surface area (Å²) in [5.74, 6) is 2.58. The Morgan fingerprint density at radius 3 is 2.83 bits per heavy atom. The summed E-state index contributed by atoms with van der Waals surface area (Å²) in [6.07, 6.45) is 2.18. The van der Waals surface area contributed by atoms with E-state index in [0.717, 1.165) is 36.8 Å². The summed E-state index contributed by atoms with van der Waals surface area (Å²) in [5.41, 5.74) is 0.713. The molecule has 7 heteroatoms. The summed E-state index contributed by atoms with van der Waals surface area (Å²) in [6, 6.07) is 7.03. The van der Waals surface area contributed by atoms with Gasteiger partial charge in [0.2, 0.25) is 0 Å². The minimum Gasteiger partial charge on any atom is -0.491 e. The average molecular weight is 315 g/mol. The second-order valence-corrected chi connectivity index (χ2v) is 5.79. The van der Waals surface area contributed by atoms with Crippen molar-refractivity contribution >= 4 is 11.7 Å². The van der Waals surface area contributed by atoms with Crippen LogP contribution in [0.3, 0.4) is 0 Å². The summed E-state index contributed by atoms with van der Waals surface area (Å²) >= 11 is 0. The van der Waals surface area contributed by atoms with Crippen LogP contribution in [-0.4, -0.2) is 26.9 Å². The van der Waals surface area contributed by atoms with Gasteiger partial charge in [0.15, 0.2) is 5.82 Å². The van der Waals surface area contributed by atoms with Gasteiger partial charge in [-0.15, -0.1) is 10.2 Å². The van der Waals surface area contributed by atoms with E-state index in [1.54, 1.807) is 0 Å². The number of ether oxygens (including phenoxy) is 1. The van der Waals surface area contributed by atoms with Gasteiger partial charge in [-0.1, -0.05) is 0 Å². The molecule has 0 radical (unpaired) electrons. The number of aryl methyl sites for hydroxylation is 1. The van der Waals surface area contributed by atoms with Crippen molar-refractivity contribution in [1.29, 1.82) is 0 Å². The number of fused-ring (bicyclic) bond motifs is 1. The third-order valence-corrected chi connectivity index (χ3v) is 3.58. The number of nitrogens with zero attached hydrogens (tertiary/aromatic N) is 3. The predicted molar refractivity (Wildman–Crippen MR) is 86.4 cm³/mol. The highest BCUT2D eigenvalue weighted by molar-refractivity contribution is 5.89. The van der Waals surface area contributed by atoms with Crippen molar-refractivity contribution < 1.29 is 9.53 Å². The van der Waals surface area contributed by atoms with Crippen LogP contribution in [0.25, 0.3) is 0 Å². The standard InChI is InChI=1S/C16H21N5O2/c1-11(2)23-13-7-5-12(6-8-13)18-16(22)17-10-15-20-19-14-4-3-9-21(14)15/h5-8,11H,3-4,9-10H2,1-2H3,(H2,17,18,22). The SMILES string of the molecule is CC(C)Oc1ccc(NC(=O)NCc2nnc3n2CCC3)cc1. The Bertz CT molecular complexity index is 678. The summed E-state index contributed by atoms with van der Waals surface area (Å²) in [4.78, 5) is 12.0. The van der Waals surface area contributed by atoms with Crippen LogP contribution >= 0.6 is 0 Å². The molecule has 1 aliphatic rings. The van der Waals surface area contributed by atoms with Gasteiger partial charge in [-0.05, 0) is 44.5 Å². The van der Waals surface area contributed by atoms with Gasteiger partial charge in [0, 0.05) is 18.7 Å². The molecule has 122 valence electrons. The van der Waals surface area contributed by atoms with Gasteiger partial charge in [-0.2, -0.15) is 0 Å². The lowest BCUT2D eigenvalue weighted by molar-refractivity contribution is 0.242. The number of benzene rings is 1. The number of anilines is 1. The third kappa shape index (κ3) is 3.80. The second-order valence-electron chi connectivity index (χ2n) is 5.79. The molecular weight excluding hydrogens is 294 g/mol. The van der Waals surface area contributed by atoms with Crippen molar-refractivity contribution in [2.75, 3.05) is 5.32 Å². The first kappa shape index (κ1) is 15.3. The average Bonchev–Trinajstić information content (AvgIpc) is 3.10. The lowest BCUT2D eigenvalue weighted by atomic mass is 10.3. The van der Waals surface area contributed by atoms with Crippen LogP contribution < -0.4 is 15.4 Å². The number of rotatable bonds is 5. The molecule has 1 aliphatic heterocycles. The van der Waals surface area contributed by atoms with Crippen molar-refractivity contribution in [3.8, 4) is 5.75 Å². The lowest BCUT2D eigenvalue weighted by Gasteiger charge is -2.11. The van der Waals surface area contributed by atoms with Gasteiger partial charge in [0.05, 0.1) is 12.6 Å². The molecule has 1 aromatic carbocycles. The van der Waals surface area contributed by atoms with Gasteiger partial charge >= 0.3 is 6.03 Å². The number of carbonyl (C=O) groups is 1. The molecule has 2 heterocycles. The van der Waals surface area contributed by atoms with Gasteiger partial charge in [0.25, 0.3) is 0 Å². The van der Waals surface area contributed by atoms with E-state index in [-0.39, 0.29) is 12.1 Å². The highest BCUT2D eigenvalue weighted by atomic mass is 16.5. The normalized spacial score (nSPS) is 13.0. The summed E-state index contributed by atoms with van der Waals surface area (Å²) in [5, 5.41) is 13.8. The topological polar surface area (TPSA) is 81.1 Å². The van der Waals surface area contributed by atoms with E-state index in [1.165, 1.54) is 0 Å². The van der Waals surface area contributed by atoms with E-state index < -0.39 is 0 Å². The van der Waals surface area contributed by atoms with Crippen molar-refractivity contribution in [3.63, 3.8) is 0 Å². The second kappa shape index (κ2) is 6.68. The minimum atomic E-state index is -0.266. The molecule has 0 aliphatic carbocycles. The van der Waals surface area contributed by atoms with Crippen molar-refractivity contribution in [2.24, 2.45) is 0 Å². The zero-order valence-electron chi connectivity index (χ0n) is 13.4. The van der Waals surface area contributed by atoms with Crippen LogP contribution in [0.5, 0.6) is 5.75 Å². The monoisotopic (exact) mass is 315 g/mol. The van der Waals surface area contributed by atoms with Gasteiger partial charge in [-0.25, -0.2) is 4.79 Å². The number of hydrogen-bond acceptors (Lipinski definition) is 4. The Morgan fingerprint density at radius 1 is 1.30 bits per heavy atom. The molecule has 2 N–H and O–H groups in total. The molecule has 0 bridgehead atoms. The quantitative estimate of drug-likeness (QED) is 0.887. The summed E-state index contributed by atoms with van der Waals surface area (Å²) in [7, 11) is 0. The fraction of sp³-hybridized carbons (Fsp3) is 0.438. The first-order valence-corrected chi connectivity index (χ1v) is 7.84. The molecule has 1 aromatic heterocycles. The predicted octanol–water partition coefficient (Wildman–Crippen LogP) is 2.33. The third-order valence-electron chi connectivity index (χ3n) is 3.58. The maximum Gasteiger partial charge on any atom is 0.319 e. The van der Waals surface area contributed by atoms with E-state index in [9.17, 15) is 4.79 Å². The van der Waals surface area contributed by atoms with Gasteiger partial charge in [0.1, 0.15) is 11.6 Å². The van der Waals surface area contributed by atoms with Crippen molar-refractivity contribution in [1.82, 2.24) is 20.1 Å². The van der Waals surface area contributed by atoms with Crippen LogP contribution in [0.15, 0.2) is 24.3 Å². The maximum absolute atomic E-state index is 12.0. The van der Waals surface area contributed by atoms with Gasteiger partial charge < -0.3 is 19.9 Å². The zero-order valence-corrected chi connectivity index (χ0v) is 13.4.